The molecule has 0 aliphatic carbocycles. The highest BCUT2D eigenvalue weighted by atomic mass is 19.4. The molecule has 0 aromatic carbocycles. The zero-order chi connectivity index (χ0) is 15.2. The number of hydrogen-bond acceptors (Lipinski definition) is 4. The van der Waals surface area contributed by atoms with E-state index in [2.05, 4.69) is 20.9 Å². The number of rotatable bonds is 6. The van der Waals surface area contributed by atoms with Crippen LogP contribution in [0, 0.1) is 0 Å². The number of amides is 1. The Bertz CT molecular complexity index is 463. The van der Waals surface area contributed by atoms with E-state index >= 15 is 0 Å². The third-order valence-electron chi connectivity index (χ3n) is 2.31. The predicted octanol–water partition coefficient (Wildman–Crippen LogP) is 2.08. The van der Waals surface area contributed by atoms with Gasteiger partial charge in [-0.1, -0.05) is 0 Å². The van der Waals surface area contributed by atoms with E-state index in [4.69, 9.17) is 0 Å². The number of carbonyl (C=O) groups is 1. The van der Waals surface area contributed by atoms with Gasteiger partial charge in [-0.2, -0.15) is 13.2 Å². The average molecular weight is 290 g/mol. The topological polar surface area (TPSA) is 66.1 Å². The van der Waals surface area contributed by atoms with Crippen LogP contribution < -0.4 is 16.0 Å². The van der Waals surface area contributed by atoms with E-state index in [9.17, 15) is 18.0 Å². The zero-order valence-corrected chi connectivity index (χ0v) is 11.3. The molecule has 0 radical (unpaired) electrons. The maximum Gasteiger partial charge on any atom is 0.416 e. The quantitative estimate of drug-likeness (QED) is 0.750. The third kappa shape index (κ3) is 4.94. The van der Waals surface area contributed by atoms with Crippen molar-refractivity contribution in [2.24, 2.45) is 0 Å². The van der Waals surface area contributed by atoms with Gasteiger partial charge < -0.3 is 16.0 Å². The van der Waals surface area contributed by atoms with Gasteiger partial charge in [-0.15, -0.1) is 0 Å². The molecule has 1 rings (SSSR count). The van der Waals surface area contributed by atoms with Crippen molar-refractivity contribution in [2.45, 2.75) is 20.0 Å². The van der Waals surface area contributed by atoms with Gasteiger partial charge in [0.2, 0.25) is 5.91 Å². The average Bonchev–Trinajstić information content (AvgIpc) is 2.36. The number of pyridine rings is 1. The van der Waals surface area contributed by atoms with Crippen molar-refractivity contribution in [3.05, 3.63) is 17.7 Å². The predicted molar refractivity (Wildman–Crippen MR) is 70.6 cm³/mol. The summed E-state index contributed by atoms with van der Waals surface area (Å²) in [6, 6.07) is 1.81. The van der Waals surface area contributed by atoms with Crippen LogP contribution in [0.4, 0.5) is 24.8 Å². The van der Waals surface area contributed by atoms with E-state index in [1.807, 2.05) is 0 Å². The van der Waals surface area contributed by atoms with E-state index in [1.165, 1.54) is 0 Å². The van der Waals surface area contributed by atoms with Gasteiger partial charge in [0.05, 0.1) is 12.1 Å². The summed E-state index contributed by atoms with van der Waals surface area (Å²) in [7, 11) is 0. The molecule has 1 heterocycles. The van der Waals surface area contributed by atoms with Crippen LogP contribution in [0.5, 0.6) is 0 Å². The molecule has 0 atom stereocenters. The number of nitrogens with one attached hydrogen (secondary N) is 3. The molecule has 0 spiro atoms. The summed E-state index contributed by atoms with van der Waals surface area (Å²) in [5.41, 5.74) is -0.818. The third-order valence-corrected chi connectivity index (χ3v) is 2.31. The van der Waals surface area contributed by atoms with E-state index < -0.39 is 11.7 Å². The molecule has 5 nitrogen and oxygen atoms in total. The second kappa shape index (κ2) is 6.97. The number of halogens is 3. The van der Waals surface area contributed by atoms with Gasteiger partial charge in [-0.3, -0.25) is 4.79 Å². The van der Waals surface area contributed by atoms with Crippen molar-refractivity contribution in [3.8, 4) is 0 Å². The Hall–Kier alpha value is -1.99. The molecule has 0 saturated carbocycles. The van der Waals surface area contributed by atoms with E-state index in [0.717, 1.165) is 12.1 Å². The number of nitrogens with zero attached hydrogens (tertiary/aromatic N) is 1. The summed E-state index contributed by atoms with van der Waals surface area (Å²) in [5.74, 6) is -0.195. The lowest BCUT2D eigenvalue weighted by atomic mass is 10.2. The number of hydrogen-bond donors (Lipinski definition) is 3. The molecule has 3 N–H and O–H groups in total. The molecule has 1 amide bonds. The number of anilines is 2. The second-order valence-corrected chi connectivity index (χ2v) is 3.96. The highest BCUT2D eigenvalue weighted by molar-refractivity contribution is 5.80. The number of likely N-dealkylation sites (N-methyl/N-ethyl adjacent to an activating group) is 1. The maximum absolute atomic E-state index is 12.7. The van der Waals surface area contributed by atoms with Crippen LogP contribution in [0.25, 0.3) is 0 Å². The second-order valence-electron chi connectivity index (χ2n) is 3.96. The van der Waals surface area contributed by atoms with Gasteiger partial charge in [0.15, 0.2) is 0 Å². The lowest BCUT2D eigenvalue weighted by Crippen LogP contribution is -2.29. The van der Waals surface area contributed by atoms with Crippen molar-refractivity contribution in [1.29, 1.82) is 0 Å². The lowest BCUT2D eigenvalue weighted by molar-refractivity contribution is -0.137. The van der Waals surface area contributed by atoms with Gasteiger partial charge in [-0.25, -0.2) is 4.98 Å². The van der Waals surface area contributed by atoms with E-state index in [-0.39, 0.29) is 24.1 Å². The Morgan fingerprint density at radius 3 is 2.25 bits per heavy atom. The molecule has 1 aromatic rings. The van der Waals surface area contributed by atoms with Crippen LogP contribution >= 0.6 is 0 Å². The first-order valence-electron chi connectivity index (χ1n) is 6.20. The van der Waals surface area contributed by atoms with Crippen LogP contribution in [0.1, 0.15) is 19.4 Å². The molecule has 112 valence electrons. The zero-order valence-electron chi connectivity index (χ0n) is 11.3. The summed E-state index contributed by atoms with van der Waals surface area (Å²) in [6.07, 6.45) is -4.46. The highest BCUT2D eigenvalue weighted by Gasteiger charge is 2.31. The van der Waals surface area contributed by atoms with Crippen molar-refractivity contribution >= 4 is 17.5 Å². The largest absolute Gasteiger partial charge is 0.416 e. The minimum Gasteiger partial charge on any atom is -0.370 e. The Kier molecular flexibility index (Phi) is 5.60. The van der Waals surface area contributed by atoms with Gasteiger partial charge in [0.1, 0.15) is 11.6 Å². The fourth-order valence-electron chi connectivity index (χ4n) is 1.49. The molecular formula is C12H17F3N4O. The number of aromatic nitrogens is 1. The van der Waals surface area contributed by atoms with Crippen molar-refractivity contribution < 1.29 is 18.0 Å². The van der Waals surface area contributed by atoms with Crippen molar-refractivity contribution in [3.63, 3.8) is 0 Å². The maximum atomic E-state index is 12.7. The molecule has 8 heteroatoms. The Labute approximate surface area is 115 Å². The fourth-order valence-corrected chi connectivity index (χ4v) is 1.49. The van der Waals surface area contributed by atoms with Gasteiger partial charge in [0.25, 0.3) is 0 Å². The van der Waals surface area contributed by atoms with Crippen LogP contribution in [0.2, 0.25) is 0 Å². The summed E-state index contributed by atoms with van der Waals surface area (Å²) in [5, 5.41) is 7.83. The molecule has 0 unspecified atom stereocenters. The Morgan fingerprint density at radius 1 is 1.15 bits per heavy atom. The van der Waals surface area contributed by atoms with Crippen LogP contribution in [-0.2, 0) is 11.0 Å². The number of alkyl halides is 3. The first-order chi connectivity index (χ1) is 9.36. The van der Waals surface area contributed by atoms with Crippen LogP contribution in [-0.4, -0.2) is 30.5 Å². The normalized spacial score (nSPS) is 11.1. The fraction of sp³-hybridized carbons (Fsp3) is 0.500. The first-order valence-corrected chi connectivity index (χ1v) is 6.20. The van der Waals surface area contributed by atoms with Gasteiger partial charge >= 0.3 is 6.18 Å². The van der Waals surface area contributed by atoms with Crippen LogP contribution in [0.3, 0.4) is 0 Å². The Balaban J connectivity index is 2.89. The summed E-state index contributed by atoms with van der Waals surface area (Å²) in [6.45, 7) is 4.28. The summed E-state index contributed by atoms with van der Waals surface area (Å²) < 4.78 is 38.2. The summed E-state index contributed by atoms with van der Waals surface area (Å²) >= 11 is 0. The van der Waals surface area contributed by atoms with E-state index in [0.29, 0.717) is 13.1 Å². The van der Waals surface area contributed by atoms with Crippen molar-refractivity contribution in [2.75, 3.05) is 30.3 Å². The SMILES string of the molecule is CCNC(=O)CNc1cc(C(F)(F)F)cc(NCC)n1. The first kappa shape index (κ1) is 16.1. The smallest absolute Gasteiger partial charge is 0.370 e. The minimum atomic E-state index is -4.46. The highest BCUT2D eigenvalue weighted by Crippen LogP contribution is 2.31. The molecule has 0 aliphatic heterocycles. The molecule has 0 bridgehead atoms. The lowest BCUT2D eigenvalue weighted by Gasteiger charge is -2.13. The molecule has 1 aromatic heterocycles. The van der Waals surface area contributed by atoms with Gasteiger partial charge in [-0.05, 0) is 26.0 Å². The minimum absolute atomic E-state index is 0.00188. The molecule has 0 aliphatic rings. The number of carbonyl (C=O) groups excluding carboxylic acids is 1. The standard InChI is InChI=1S/C12H17F3N4O/c1-3-16-9-5-8(12(13,14)15)6-10(19-9)18-7-11(20)17-4-2/h5-6H,3-4,7H2,1-2H3,(H,17,20)(H2,16,18,19). The van der Waals surface area contributed by atoms with E-state index in [1.54, 1.807) is 13.8 Å². The van der Waals surface area contributed by atoms with Crippen LogP contribution in [0.15, 0.2) is 12.1 Å². The molecule has 0 saturated heterocycles. The molecule has 20 heavy (non-hydrogen) atoms. The van der Waals surface area contributed by atoms with Crippen molar-refractivity contribution in [1.82, 2.24) is 10.3 Å². The molecular weight excluding hydrogens is 273 g/mol. The monoisotopic (exact) mass is 290 g/mol. The molecule has 0 fully saturated rings. The summed E-state index contributed by atoms with van der Waals surface area (Å²) in [4.78, 5) is 15.2. The van der Waals surface area contributed by atoms with Gasteiger partial charge in [0, 0.05) is 13.1 Å². The Morgan fingerprint density at radius 2 is 1.75 bits per heavy atom.